The highest BCUT2D eigenvalue weighted by atomic mass is 35.5. The molecule has 1 atom stereocenters. The van der Waals surface area contributed by atoms with Gasteiger partial charge in [0.25, 0.3) is 0 Å². The molecule has 1 aromatic carbocycles. The van der Waals surface area contributed by atoms with Crippen molar-refractivity contribution in [1.82, 2.24) is 0 Å². The van der Waals surface area contributed by atoms with Crippen molar-refractivity contribution in [2.24, 2.45) is 5.41 Å². The van der Waals surface area contributed by atoms with Gasteiger partial charge in [-0.1, -0.05) is 38.4 Å². The van der Waals surface area contributed by atoms with E-state index in [-0.39, 0.29) is 11.2 Å². The van der Waals surface area contributed by atoms with Gasteiger partial charge < -0.3 is 5.11 Å². The smallest absolute Gasteiger partial charge is 0.127 e. The molecule has 1 nitrogen and oxygen atoms in total. The van der Waals surface area contributed by atoms with Gasteiger partial charge in [0.15, 0.2) is 0 Å². The molecule has 1 N–H and O–H groups in total. The van der Waals surface area contributed by atoms with Gasteiger partial charge >= 0.3 is 0 Å². The predicted molar refractivity (Wildman–Crippen MR) is 69.8 cm³/mol. The number of halogens is 2. The van der Waals surface area contributed by atoms with Crippen molar-refractivity contribution in [2.75, 3.05) is 0 Å². The van der Waals surface area contributed by atoms with Crippen LogP contribution in [0.1, 0.15) is 39.2 Å². The molecule has 0 aliphatic heterocycles. The highest BCUT2D eigenvalue weighted by molar-refractivity contribution is 6.30. The third-order valence-corrected chi connectivity index (χ3v) is 2.93. The first kappa shape index (κ1) is 14.5. The van der Waals surface area contributed by atoms with E-state index in [1.807, 2.05) is 0 Å². The molecular formula is C14H20ClFO. The zero-order valence-electron chi connectivity index (χ0n) is 10.6. The molecule has 1 unspecified atom stereocenters. The van der Waals surface area contributed by atoms with E-state index in [0.717, 1.165) is 6.42 Å². The summed E-state index contributed by atoms with van der Waals surface area (Å²) < 4.78 is 13.5. The third kappa shape index (κ3) is 5.51. The molecule has 0 aromatic heterocycles. The van der Waals surface area contributed by atoms with E-state index in [9.17, 15) is 9.50 Å². The highest BCUT2D eigenvalue weighted by Gasteiger charge is 2.15. The van der Waals surface area contributed by atoms with Gasteiger partial charge in [0, 0.05) is 11.4 Å². The van der Waals surface area contributed by atoms with Gasteiger partial charge in [0.1, 0.15) is 5.82 Å². The van der Waals surface area contributed by atoms with Crippen LogP contribution in [0.4, 0.5) is 4.39 Å². The first-order chi connectivity index (χ1) is 7.78. The molecule has 96 valence electrons. The standard InChI is InChI=1S/C14H20ClFO/c1-14(2,3)7-6-12(17)8-10-4-5-11(15)9-13(10)16/h4-5,9,12,17H,6-8H2,1-3H3. The van der Waals surface area contributed by atoms with E-state index in [4.69, 9.17) is 11.6 Å². The molecule has 0 bridgehead atoms. The van der Waals surface area contributed by atoms with Crippen LogP contribution in [0.3, 0.4) is 0 Å². The van der Waals surface area contributed by atoms with E-state index in [0.29, 0.717) is 23.4 Å². The molecule has 17 heavy (non-hydrogen) atoms. The molecule has 0 spiro atoms. The highest BCUT2D eigenvalue weighted by Crippen LogP contribution is 2.23. The largest absolute Gasteiger partial charge is 0.393 e. The Balaban J connectivity index is 2.53. The van der Waals surface area contributed by atoms with Gasteiger partial charge in [-0.15, -0.1) is 0 Å². The number of hydrogen-bond donors (Lipinski definition) is 1. The van der Waals surface area contributed by atoms with Crippen LogP contribution in [0.2, 0.25) is 5.02 Å². The molecule has 0 saturated carbocycles. The van der Waals surface area contributed by atoms with Crippen LogP contribution in [0.15, 0.2) is 18.2 Å². The second-order valence-corrected chi connectivity index (χ2v) is 6.13. The van der Waals surface area contributed by atoms with E-state index in [2.05, 4.69) is 20.8 Å². The SMILES string of the molecule is CC(C)(C)CCC(O)Cc1ccc(Cl)cc1F. The summed E-state index contributed by atoms with van der Waals surface area (Å²) in [6, 6.07) is 4.57. The van der Waals surface area contributed by atoms with Crippen molar-refractivity contribution < 1.29 is 9.50 Å². The minimum absolute atomic E-state index is 0.194. The van der Waals surface area contributed by atoms with E-state index >= 15 is 0 Å². The van der Waals surface area contributed by atoms with Crippen molar-refractivity contribution in [3.8, 4) is 0 Å². The van der Waals surface area contributed by atoms with Crippen LogP contribution in [0.5, 0.6) is 0 Å². The number of aliphatic hydroxyl groups excluding tert-OH is 1. The molecule has 3 heteroatoms. The Kier molecular flexibility index (Phi) is 4.96. The molecule has 1 aromatic rings. The minimum Gasteiger partial charge on any atom is -0.393 e. The molecule has 0 fully saturated rings. The summed E-state index contributed by atoms with van der Waals surface area (Å²) in [5.41, 5.74) is 0.718. The third-order valence-electron chi connectivity index (χ3n) is 2.70. The van der Waals surface area contributed by atoms with Gasteiger partial charge in [0.05, 0.1) is 6.10 Å². The second kappa shape index (κ2) is 5.83. The summed E-state index contributed by atoms with van der Waals surface area (Å²) in [6.45, 7) is 6.38. The summed E-state index contributed by atoms with van der Waals surface area (Å²) >= 11 is 5.67. The molecule has 0 aliphatic carbocycles. The number of rotatable bonds is 4. The first-order valence-electron chi connectivity index (χ1n) is 5.90. The molecule has 0 saturated heterocycles. The Morgan fingerprint density at radius 1 is 1.35 bits per heavy atom. The molecule has 1 rings (SSSR count). The molecule has 0 heterocycles. The Labute approximate surface area is 108 Å². The average Bonchev–Trinajstić information content (AvgIpc) is 2.18. The van der Waals surface area contributed by atoms with Crippen LogP contribution in [0.25, 0.3) is 0 Å². The van der Waals surface area contributed by atoms with Crippen LogP contribution in [0, 0.1) is 11.2 Å². The fourth-order valence-electron chi connectivity index (χ4n) is 1.64. The lowest BCUT2D eigenvalue weighted by Crippen LogP contribution is -2.15. The van der Waals surface area contributed by atoms with E-state index < -0.39 is 6.10 Å². The maximum absolute atomic E-state index is 13.5. The Morgan fingerprint density at radius 3 is 2.53 bits per heavy atom. The van der Waals surface area contributed by atoms with E-state index in [1.54, 1.807) is 12.1 Å². The molecular weight excluding hydrogens is 239 g/mol. The van der Waals surface area contributed by atoms with Crippen molar-refractivity contribution in [3.63, 3.8) is 0 Å². The molecule has 0 amide bonds. The van der Waals surface area contributed by atoms with Gasteiger partial charge in [0.2, 0.25) is 0 Å². The lowest BCUT2D eigenvalue weighted by atomic mass is 9.88. The topological polar surface area (TPSA) is 20.2 Å². The summed E-state index contributed by atoms with van der Waals surface area (Å²) in [6.07, 6.45) is 1.46. The molecule has 0 radical (unpaired) electrons. The van der Waals surface area contributed by atoms with E-state index in [1.165, 1.54) is 6.07 Å². The van der Waals surface area contributed by atoms with Gasteiger partial charge in [-0.3, -0.25) is 0 Å². The Hall–Kier alpha value is -0.600. The predicted octanol–water partition coefficient (Wildman–Crippen LogP) is 4.21. The zero-order chi connectivity index (χ0) is 13.1. The minimum atomic E-state index is -0.495. The maximum atomic E-state index is 13.5. The van der Waals surface area contributed by atoms with Gasteiger partial charge in [-0.2, -0.15) is 0 Å². The van der Waals surface area contributed by atoms with Crippen LogP contribution < -0.4 is 0 Å². The lowest BCUT2D eigenvalue weighted by molar-refractivity contribution is 0.145. The van der Waals surface area contributed by atoms with Crippen LogP contribution in [-0.2, 0) is 6.42 Å². The summed E-state index contributed by atoms with van der Waals surface area (Å²) in [7, 11) is 0. The Bertz CT molecular complexity index is 371. The number of hydrogen-bond acceptors (Lipinski definition) is 1. The van der Waals surface area contributed by atoms with Crippen LogP contribution in [-0.4, -0.2) is 11.2 Å². The first-order valence-corrected chi connectivity index (χ1v) is 6.28. The number of aliphatic hydroxyl groups is 1. The van der Waals surface area contributed by atoms with Crippen molar-refractivity contribution in [1.29, 1.82) is 0 Å². The zero-order valence-corrected chi connectivity index (χ0v) is 11.4. The van der Waals surface area contributed by atoms with Crippen molar-refractivity contribution in [3.05, 3.63) is 34.6 Å². The molecule has 0 aliphatic rings. The number of benzene rings is 1. The summed E-state index contributed by atoms with van der Waals surface area (Å²) in [4.78, 5) is 0. The fourth-order valence-corrected chi connectivity index (χ4v) is 1.80. The van der Waals surface area contributed by atoms with Gasteiger partial charge in [-0.05, 0) is 36.0 Å². The maximum Gasteiger partial charge on any atom is 0.127 e. The second-order valence-electron chi connectivity index (χ2n) is 5.69. The summed E-state index contributed by atoms with van der Waals surface area (Å²) in [5.74, 6) is -0.340. The lowest BCUT2D eigenvalue weighted by Gasteiger charge is -2.20. The summed E-state index contributed by atoms with van der Waals surface area (Å²) in [5, 5.41) is 10.2. The van der Waals surface area contributed by atoms with Crippen molar-refractivity contribution >= 4 is 11.6 Å². The average molecular weight is 259 g/mol. The van der Waals surface area contributed by atoms with Gasteiger partial charge in [-0.25, -0.2) is 4.39 Å². The monoisotopic (exact) mass is 258 g/mol. The van der Waals surface area contributed by atoms with Crippen LogP contribution >= 0.6 is 11.6 Å². The Morgan fingerprint density at radius 2 is 2.00 bits per heavy atom. The fraction of sp³-hybridized carbons (Fsp3) is 0.571. The van der Waals surface area contributed by atoms with Crippen molar-refractivity contribution in [2.45, 2.75) is 46.1 Å². The quantitative estimate of drug-likeness (QED) is 0.858. The normalized spacial score (nSPS) is 13.8.